The molecule has 0 unspecified atom stereocenters. The fraction of sp³-hybridized carbons (Fsp3) is 0.333. The van der Waals surface area contributed by atoms with Crippen LogP contribution in [0.2, 0.25) is 0 Å². The highest BCUT2D eigenvalue weighted by Gasteiger charge is 2.19. The van der Waals surface area contributed by atoms with Crippen LogP contribution in [0.5, 0.6) is 5.75 Å². The number of aromatic nitrogens is 1. The summed E-state index contributed by atoms with van der Waals surface area (Å²) in [6.07, 6.45) is -3.40. The van der Waals surface area contributed by atoms with Gasteiger partial charge < -0.3 is 10.2 Å². The first-order valence-electron chi connectivity index (χ1n) is 4.23. The second-order valence-corrected chi connectivity index (χ2v) is 3.57. The molecule has 0 bridgehead atoms. The Hall–Kier alpha value is -1.24. The van der Waals surface area contributed by atoms with E-state index in [2.05, 4.69) is 20.9 Å². The average molecular weight is 296 g/mol. The van der Waals surface area contributed by atoms with Crippen molar-refractivity contribution in [3.8, 4) is 5.75 Å². The third-order valence-corrected chi connectivity index (χ3v) is 2.44. The molecule has 0 aliphatic heterocycles. The summed E-state index contributed by atoms with van der Waals surface area (Å²) in [5.41, 5.74) is -0.593. The molecule has 0 aliphatic rings. The standard InChI is InChI=1S/C9H8BrF2NO3/c10-3-4-1-5(2-6(14)15)13-7(8(4)16)9(11)12/h1,9,16H,2-3H2,(H,14,15). The molecule has 0 saturated heterocycles. The fourth-order valence-electron chi connectivity index (χ4n) is 1.17. The van der Waals surface area contributed by atoms with E-state index in [1.165, 1.54) is 6.07 Å². The third-order valence-electron chi connectivity index (χ3n) is 1.83. The zero-order valence-electron chi connectivity index (χ0n) is 7.95. The molecule has 16 heavy (non-hydrogen) atoms. The lowest BCUT2D eigenvalue weighted by Crippen LogP contribution is -2.06. The summed E-state index contributed by atoms with van der Waals surface area (Å²) in [6, 6.07) is 1.28. The van der Waals surface area contributed by atoms with E-state index in [0.29, 0.717) is 0 Å². The van der Waals surface area contributed by atoms with Crippen LogP contribution >= 0.6 is 15.9 Å². The second-order valence-electron chi connectivity index (χ2n) is 3.01. The molecule has 7 heteroatoms. The van der Waals surface area contributed by atoms with E-state index in [4.69, 9.17) is 5.11 Å². The Kier molecular flexibility index (Phi) is 4.17. The van der Waals surface area contributed by atoms with Gasteiger partial charge in [-0.3, -0.25) is 4.79 Å². The van der Waals surface area contributed by atoms with Gasteiger partial charge >= 0.3 is 5.97 Å². The Morgan fingerprint density at radius 1 is 1.56 bits per heavy atom. The first kappa shape index (κ1) is 12.8. The Bertz CT molecular complexity index is 412. The number of carboxylic acids is 1. The highest BCUT2D eigenvalue weighted by molar-refractivity contribution is 9.08. The number of alkyl halides is 3. The molecule has 0 fully saturated rings. The van der Waals surface area contributed by atoms with Gasteiger partial charge in [0.2, 0.25) is 0 Å². The zero-order chi connectivity index (χ0) is 12.3. The van der Waals surface area contributed by atoms with E-state index in [-0.39, 0.29) is 16.6 Å². The molecule has 1 aromatic rings. The van der Waals surface area contributed by atoms with E-state index < -0.39 is 30.3 Å². The van der Waals surface area contributed by atoms with Gasteiger partial charge in [-0.2, -0.15) is 0 Å². The maximum absolute atomic E-state index is 12.5. The van der Waals surface area contributed by atoms with Crippen LogP contribution < -0.4 is 0 Å². The van der Waals surface area contributed by atoms with Crippen LogP contribution in [0.25, 0.3) is 0 Å². The maximum Gasteiger partial charge on any atom is 0.309 e. The second kappa shape index (κ2) is 5.20. The quantitative estimate of drug-likeness (QED) is 0.836. The van der Waals surface area contributed by atoms with Crippen LogP contribution in [0.1, 0.15) is 23.4 Å². The van der Waals surface area contributed by atoms with Crippen molar-refractivity contribution in [1.82, 2.24) is 4.98 Å². The number of carbonyl (C=O) groups is 1. The van der Waals surface area contributed by atoms with Crippen LogP contribution in [0, 0.1) is 0 Å². The van der Waals surface area contributed by atoms with Crippen molar-refractivity contribution in [2.45, 2.75) is 18.2 Å². The number of carboxylic acid groups (broad SMARTS) is 1. The molecule has 4 nitrogen and oxygen atoms in total. The van der Waals surface area contributed by atoms with Crippen LogP contribution in [-0.4, -0.2) is 21.2 Å². The summed E-state index contributed by atoms with van der Waals surface area (Å²) in [5, 5.41) is 18.1. The van der Waals surface area contributed by atoms with E-state index >= 15 is 0 Å². The fourth-order valence-corrected chi connectivity index (χ4v) is 1.60. The number of hydrogen-bond acceptors (Lipinski definition) is 3. The smallest absolute Gasteiger partial charge is 0.309 e. The molecule has 1 aromatic heterocycles. The summed E-state index contributed by atoms with van der Waals surface area (Å²) in [6.45, 7) is 0. The van der Waals surface area contributed by atoms with Crippen molar-refractivity contribution >= 4 is 21.9 Å². The van der Waals surface area contributed by atoms with Gasteiger partial charge in [-0.05, 0) is 6.07 Å². The first-order chi connectivity index (χ1) is 7.45. The molecule has 0 saturated carbocycles. The Balaban J connectivity index is 3.22. The zero-order valence-corrected chi connectivity index (χ0v) is 9.54. The van der Waals surface area contributed by atoms with E-state index in [9.17, 15) is 18.7 Å². The molecule has 0 aliphatic carbocycles. The van der Waals surface area contributed by atoms with Crippen LogP contribution in [0.4, 0.5) is 8.78 Å². The number of pyridine rings is 1. The molecule has 0 amide bonds. The minimum atomic E-state index is -2.94. The van der Waals surface area contributed by atoms with Gasteiger partial charge in [0, 0.05) is 10.9 Å². The predicted octanol–water partition coefficient (Wildman–Crippen LogP) is 2.25. The van der Waals surface area contributed by atoms with Crippen molar-refractivity contribution < 1.29 is 23.8 Å². The van der Waals surface area contributed by atoms with Crippen molar-refractivity contribution in [3.05, 3.63) is 23.0 Å². The van der Waals surface area contributed by atoms with Gasteiger partial charge in [0.05, 0.1) is 12.1 Å². The van der Waals surface area contributed by atoms with Crippen molar-refractivity contribution in [2.75, 3.05) is 0 Å². The molecular weight excluding hydrogens is 288 g/mol. The lowest BCUT2D eigenvalue weighted by molar-refractivity contribution is -0.136. The average Bonchev–Trinajstić information content (AvgIpc) is 2.19. The summed E-state index contributed by atoms with van der Waals surface area (Å²) < 4.78 is 25.0. The molecule has 0 aromatic carbocycles. The summed E-state index contributed by atoms with van der Waals surface area (Å²) >= 11 is 3.01. The lowest BCUT2D eigenvalue weighted by Gasteiger charge is -2.09. The van der Waals surface area contributed by atoms with Crippen molar-refractivity contribution in [3.63, 3.8) is 0 Å². The van der Waals surface area contributed by atoms with Crippen molar-refractivity contribution in [2.24, 2.45) is 0 Å². The molecule has 88 valence electrons. The van der Waals surface area contributed by atoms with Gasteiger partial charge in [-0.25, -0.2) is 13.8 Å². The highest BCUT2D eigenvalue weighted by atomic mass is 79.9. The van der Waals surface area contributed by atoms with Crippen molar-refractivity contribution in [1.29, 1.82) is 0 Å². The van der Waals surface area contributed by atoms with Gasteiger partial charge in [0.1, 0.15) is 11.4 Å². The topological polar surface area (TPSA) is 70.4 Å². The normalized spacial score (nSPS) is 10.8. The molecule has 0 radical (unpaired) electrons. The van der Waals surface area contributed by atoms with Crippen LogP contribution in [-0.2, 0) is 16.5 Å². The Labute approximate surface area is 98.1 Å². The molecular formula is C9H8BrF2NO3. The summed E-state index contributed by atoms with van der Waals surface area (Å²) in [7, 11) is 0. The van der Waals surface area contributed by atoms with E-state index in [0.717, 1.165) is 0 Å². The Morgan fingerprint density at radius 2 is 2.19 bits per heavy atom. The maximum atomic E-state index is 12.5. The van der Waals surface area contributed by atoms with Crippen LogP contribution in [0.15, 0.2) is 6.07 Å². The van der Waals surface area contributed by atoms with Gasteiger partial charge in [-0.1, -0.05) is 15.9 Å². The molecule has 1 rings (SSSR count). The summed E-state index contributed by atoms with van der Waals surface area (Å²) in [5.74, 6) is -1.76. The number of aromatic hydroxyl groups is 1. The molecule has 0 atom stereocenters. The molecule has 0 spiro atoms. The van der Waals surface area contributed by atoms with Gasteiger partial charge in [0.25, 0.3) is 6.43 Å². The SMILES string of the molecule is O=C(O)Cc1cc(CBr)c(O)c(C(F)F)n1. The summed E-state index contributed by atoms with van der Waals surface area (Å²) in [4.78, 5) is 13.9. The third kappa shape index (κ3) is 2.88. The number of halogens is 3. The number of hydrogen-bond donors (Lipinski definition) is 2. The van der Waals surface area contributed by atoms with E-state index in [1.54, 1.807) is 0 Å². The number of rotatable bonds is 4. The largest absolute Gasteiger partial charge is 0.505 e. The number of nitrogens with zero attached hydrogens (tertiary/aromatic N) is 1. The minimum absolute atomic E-state index is 0.00458. The monoisotopic (exact) mass is 295 g/mol. The van der Waals surface area contributed by atoms with Gasteiger partial charge in [0.15, 0.2) is 0 Å². The Morgan fingerprint density at radius 3 is 2.62 bits per heavy atom. The highest BCUT2D eigenvalue weighted by Crippen LogP contribution is 2.31. The predicted molar refractivity (Wildman–Crippen MR) is 54.8 cm³/mol. The lowest BCUT2D eigenvalue weighted by atomic mass is 10.1. The molecule has 2 N–H and O–H groups in total. The van der Waals surface area contributed by atoms with E-state index in [1.807, 2.05) is 0 Å². The first-order valence-corrected chi connectivity index (χ1v) is 5.35. The minimum Gasteiger partial charge on any atom is -0.505 e. The van der Waals surface area contributed by atoms with Gasteiger partial charge in [-0.15, -0.1) is 0 Å². The van der Waals surface area contributed by atoms with Crippen LogP contribution in [0.3, 0.4) is 0 Å². The number of aliphatic carboxylic acids is 1. The molecule has 1 heterocycles.